The fraction of sp³-hybridized carbons (Fsp3) is 0.310. The maximum atomic E-state index is 14.1. The van der Waals surface area contributed by atoms with Crippen LogP contribution >= 0.6 is 46.4 Å². The zero-order valence-corrected chi connectivity index (χ0v) is 26.6. The van der Waals surface area contributed by atoms with E-state index in [-0.39, 0.29) is 45.5 Å². The molecule has 0 saturated carbocycles. The van der Waals surface area contributed by atoms with Crippen LogP contribution in [0.25, 0.3) is 0 Å². The molecular formula is C29H31Cl4N3O4S. The Hall–Kier alpha value is -2.49. The number of nitrogens with zero attached hydrogens (tertiary/aromatic N) is 2. The molecular weight excluding hydrogens is 628 g/mol. The molecule has 0 aliphatic carbocycles. The van der Waals surface area contributed by atoms with Crippen LogP contribution in [-0.4, -0.2) is 43.8 Å². The quantitative estimate of drug-likeness (QED) is 0.223. The lowest BCUT2D eigenvalue weighted by Crippen LogP contribution is -2.53. The number of anilines is 1. The van der Waals surface area contributed by atoms with Crippen LogP contribution in [0.1, 0.15) is 39.2 Å². The molecule has 2 amide bonds. The lowest BCUT2D eigenvalue weighted by molar-refractivity contribution is -0.140. The first kappa shape index (κ1) is 33.0. The number of hydrogen-bond donors (Lipinski definition) is 1. The van der Waals surface area contributed by atoms with Crippen LogP contribution in [0.4, 0.5) is 5.69 Å². The molecule has 12 heteroatoms. The Morgan fingerprint density at radius 1 is 0.829 bits per heavy atom. The minimum absolute atomic E-state index is 0.0267. The first-order valence-electron chi connectivity index (χ1n) is 13.0. The van der Waals surface area contributed by atoms with E-state index in [1.807, 2.05) is 13.8 Å². The smallest absolute Gasteiger partial charge is 0.264 e. The number of hydrogen-bond acceptors (Lipinski definition) is 4. The van der Waals surface area contributed by atoms with Crippen molar-refractivity contribution in [1.82, 2.24) is 10.2 Å². The third-order valence-electron chi connectivity index (χ3n) is 6.58. The Bertz CT molecular complexity index is 1470. The highest BCUT2D eigenvalue weighted by Crippen LogP contribution is 2.32. The minimum Gasteiger partial charge on any atom is -0.352 e. The summed E-state index contributed by atoms with van der Waals surface area (Å²) in [5.74, 6) is -1.01. The van der Waals surface area contributed by atoms with Gasteiger partial charge >= 0.3 is 0 Å². The van der Waals surface area contributed by atoms with Crippen molar-refractivity contribution in [1.29, 1.82) is 0 Å². The van der Waals surface area contributed by atoms with Gasteiger partial charge in [0.2, 0.25) is 11.8 Å². The highest BCUT2D eigenvalue weighted by atomic mass is 35.5. The van der Waals surface area contributed by atoms with Crippen LogP contribution < -0.4 is 9.62 Å². The molecule has 0 radical (unpaired) electrons. The number of nitrogens with one attached hydrogen (secondary N) is 1. The molecule has 3 aromatic carbocycles. The van der Waals surface area contributed by atoms with Gasteiger partial charge in [0.25, 0.3) is 10.0 Å². The first-order valence-corrected chi connectivity index (χ1v) is 15.9. The van der Waals surface area contributed by atoms with Gasteiger partial charge in [-0.2, -0.15) is 0 Å². The van der Waals surface area contributed by atoms with Crippen molar-refractivity contribution in [3.8, 4) is 0 Å². The van der Waals surface area contributed by atoms with E-state index in [1.165, 1.54) is 35.2 Å². The fourth-order valence-electron chi connectivity index (χ4n) is 4.10. The van der Waals surface area contributed by atoms with E-state index in [2.05, 4.69) is 5.32 Å². The number of halogens is 4. The zero-order chi connectivity index (χ0) is 30.3. The Morgan fingerprint density at radius 3 is 2.02 bits per heavy atom. The molecule has 3 rings (SSSR count). The summed E-state index contributed by atoms with van der Waals surface area (Å²) >= 11 is 25.2. The van der Waals surface area contributed by atoms with Crippen LogP contribution in [0.5, 0.6) is 0 Å². The standard InChI is InChI=1S/C29H31Cl4N3O4S/c1-4-19(3)34-29(38)27(5-2)35(17-22-23(30)12-9-13-24(22)31)28(37)18-36(20-14-15-25(32)26(33)16-20)41(39,40)21-10-7-6-8-11-21/h6-16,19,27H,4-5,17-18H2,1-3H3,(H,34,38)/t19-,27-/m1/s1. The molecule has 0 unspecified atom stereocenters. The summed E-state index contributed by atoms with van der Waals surface area (Å²) in [6.07, 6.45) is 0.946. The molecule has 220 valence electrons. The molecule has 1 N–H and O–H groups in total. The summed E-state index contributed by atoms with van der Waals surface area (Å²) < 4.78 is 28.7. The molecule has 0 fully saturated rings. The summed E-state index contributed by atoms with van der Waals surface area (Å²) in [6, 6.07) is 15.9. The van der Waals surface area contributed by atoms with Gasteiger partial charge in [-0.15, -0.1) is 0 Å². The van der Waals surface area contributed by atoms with Crippen LogP contribution in [0.3, 0.4) is 0 Å². The van der Waals surface area contributed by atoms with Crippen molar-refractivity contribution in [2.24, 2.45) is 0 Å². The first-order chi connectivity index (χ1) is 19.4. The lowest BCUT2D eigenvalue weighted by atomic mass is 10.1. The van der Waals surface area contributed by atoms with Gasteiger partial charge in [0.15, 0.2) is 0 Å². The number of amides is 2. The fourth-order valence-corrected chi connectivity index (χ4v) is 6.34. The van der Waals surface area contributed by atoms with Gasteiger partial charge in [0.1, 0.15) is 12.6 Å². The van der Waals surface area contributed by atoms with Gasteiger partial charge in [-0.05, 0) is 62.2 Å². The monoisotopic (exact) mass is 657 g/mol. The molecule has 0 aromatic heterocycles. The molecule has 7 nitrogen and oxygen atoms in total. The van der Waals surface area contributed by atoms with Crippen molar-refractivity contribution >= 4 is 73.9 Å². The predicted molar refractivity (Wildman–Crippen MR) is 166 cm³/mol. The van der Waals surface area contributed by atoms with Crippen molar-refractivity contribution in [2.45, 2.75) is 57.1 Å². The highest BCUT2D eigenvalue weighted by Gasteiger charge is 2.34. The summed E-state index contributed by atoms with van der Waals surface area (Å²) in [6.45, 7) is 4.81. The van der Waals surface area contributed by atoms with Gasteiger partial charge < -0.3 is 10.2 Å². The van der Waals surface area contributed by atoms with E-state index < -0.39 is 28.5 Å². The minimum atomic E-state index is -4.25. The number of carbonyl (C=O) groups excluding carboxylic acids is 2. The van der Waals surface area contributed by atoms with Crippen LogP contribution in [-0.2, 0) is 26.2 Å². The van der Waals surface area contributed by atoms with Gasteiger partial charge in [0, 0.05) is 28.2 Å². The average Bonchev–Trinajstić information content (AvgIpc) is 2.94. The molecule has 0 heterocycles. The lowest BCUT2D eigenvalue weighted by Gasteiger charge is -2.34. The summed E-state index contributed by atoms with van der Waals surface area (Å²) in [4.78, 5) is 28.8. The Balaban J connectivity index is 2.11. The predicted octanol–water partition coefficient (Wildman–Crippen LogP) is 7.22. The highest BCUT2D eigenvalue weighted by molar-refractivity contribution is 7.92. The van der Waals surface area contributed by atoms with E-state index in [0.29, 0.717) is 22.0 Å². The third kappa shape index (κ3) is 8.08. The van der Waals surface area contributed by atoms with Crippen LogP contribution in [0.15, 0.2) is 71.6 Å². The molecule has 2 atom stereocenters. The molecule has 41 heavy (non-hydrogen) atoms. The Kier molecular flexibility index (Phi) is 11.8. The van der Waals surface area contributed by atoms with E-state index in [9.17, 15) is 18.0 Å². The largest absolute Gasteiger partial charge is 0.352 e. The number of benzene rings is 3. The van der Waals surface area contributed by atoms with Gasteiger partial charge in [-0.1, -0.05) is 84.5 Å². The van der Waals surface area contributed by atoms with E-state index in [1.54, 1.807) is 43.3 Å². The summed E-state index contributed by atoms with van der Waals surface area (Å²) in [5.41, 5.74) is 0.565. The maximum absolute atomic E-state index is 14.1. The number of rotatable bonds is 12. The molecule has 0 aliphatic heterocycles. The third-order valence-corrected chi connectivity index (χ3v) is 9.81. The molecule has 0 saturated heterocycles. The second-order valence-electron chi connectivity index (χ2n) is 9.39. The molecule has 0 aliphatic rings. The van der Waals surface area contributed by atoms with Crippen molar-refractivity contribution < 1.29 is 18.0 Å². The second-order valence-corrected chi connectivity index (χ2v) is 12.9. The molecule has 3 aromatic rings. The van der Waals surface area contributed by atoms with Gasteiger partial charge in [-0.25, -0.2) is 8.42 Å². The van der Waals surface area contributed by atoms with Gasteiger partial charge in [-0.3, -0.25) is 13.9 Å². The van der Waals surface area contributed by atoms with E-state index in [0.717, 1.165) is 4.31 Å². The van der Waals surface area contributed by atoms with E-state index >= 15 is 0 Å². The zero-order valence-electron chi connectivity index (χ0n) is 22.8. The Morgan fingerprint density at radius 2 is 1.46 bits per heavy atom. The SMILES string of the molecule is CC[C@@H](C)NC(=O)[C@@H](CC)N(Cc1c(Cl)cccc1Cl)C(=O)CN(c1ccc(Cl)c(Cl)c1)S(=O)(=O)c1ccccc1. The summed E-state index contributed by atoms with van der Waals surface area (Å²) in [7, 11) is -4.25. The topological polar surface area (TPSA) is 86.8 Å². The maximum Gasteiger partial charge on any atom is 0.264 e. The van der Waals surface area contributed by atoms with Crippen molar-refractivity contribution in [3.05, 3.63) is 92.4 Å². The van der Waals surface area contributed by atoms with Gasteiger partial charge in [0.05, 0.1) is 20.6 Å². The second kappa shape index (κ2) is 14.6. The average molecular weight is 659 g/mol. The number of sulfonamides is 1. The molecule has 0 spiro atoms. The van der Waals surface area contributed by atoms with Crippen LogP contribution in [0.2, 0.25) is 20.1 Å². The Labute approximate surface area is 261 Å². The van der Waals surface area contributed by atoms with Crippen LogP contribution in [0, 0.1) is 0 Å². The van der Waals surface area contributed by atoms with Crippen molar-refractivity contribution in [3.63, 3.8) is 0 Å². The number of carbonyl (C=O) groups is 2. The normalized spacial score (nSPS) is 12.9. The van der Waals surface area contributed by atoms with E-state index in [4.69, 9.17) is 46.4 Å². The summed E-state index contributed by atoms with van der Waals surface area (Å²) in [5, 5.41) is 3.88. The molecule has 0 bridgehead atoms. The van der Waals surface area contributed by atoms with Crippen molar-refractivity contribution in [2.75, 3.05) is 10.8 Å².